The molecule has 5 nitrogen and oxygen atoms in total. The van der Waals surface area contributed by atoms with Gasteiger partial charge in [0.05, 0.1) is 12.7 Å². The molecule has 3 rings (SSSR count). The summed E-state index contributed by atoms with van der Waals surface area (Å²) in [7, 11) is 0. The third-order valence-corrected chi connectivity index (χ3v) is 4.97. The molecule has 21 heavy (non-hydrogen) atoms. The van der Waals surface area contributed by atoms with Gasteiger partial charge in [0.25, 0.3) is 0 Å². The zero-order chi connectivity index (χ0) is 14.8. The number of aliphatic hydroxyl groups excluding tert-OH is 1. The normalized spacial score (nSPS) is 31.7. The van der Waals surface area contributed by atoms with Gasteiger partial charge < -0.3 is 15.2 Å². The Morgan fingerprint density at radius 3 is 2.71 bits per heavy atom. The Morgan fingerprint density at radius 1 is 1.33 bits per heavy atom. The van der Waals surface area contributed by atoms with Crippen LogP contribution in [0.1, 0.15) is 45.4 Å². The van der Waals surface area contributed by atoms with E-state index in [9.17, 15) is 9.90 Å². The molecule has 5 heteroatoms. The van der Waals surface area contributed by atoms with Crippen molar-refractivity contribution in [2.75, 3.05) is 19.7 Å². The van der Waals surface area contributed by atoms with Gasteiger partial charge in [0.15, 0.2) is 0 Å². The molecule has 0 radical (unpaired) electrons. The number of piperidine rings is 1. The Kier molecular flexibility index (Phi) is 4.69. The van der Waals surface area contributed by atoms with Gasteiger partial charge in [-0.3, -0.25) is 4.90 Å². The first-order valence-electron chi connectivity index (χ1n) is 8.51. The highest BCUT2D eigenvalue weighted by molar-refractivity contribution is 5.67. The Morgan fingerprint density at radius 2 is 2.10 bits per heavy atom. The standard InChI is InChI=1S/C16H28N2O3/c1-2-21-16(20)17-13-7-11(8-15(19)12-3-4-12)9-18(10-13)14-5-6-14/h11-15,19H,2-10H2,1H3,(H,17,20). The molecule has 1 amide bonds. The number of rotatable bonds is 6. The summed E-state index contributed by atoms with van der Waals surface area (Å²) in [6, 6.07) is 0.868. The first-order valence-corrected chi connectivity index (χ1v) is 8.51. The van der Waals surface area contributed by atoms with E-state index >= 15 is 0 Å². The van der Waals surface area contributed by atoms with Gasteiger partial charge in [0, 0.05) is 25.2 Å². The third kappa shape index (κ3) is 4.33. The number of aliphatic hydroxyl groups is 1. The van der Waals surface area contributed by atoms with Crippen molar-refractivity contribution in [3.8, 4) is 0 Å². The van der Waals surface area contributed by atoms with Crippen LogP contribution in [0.5, 0.6) is 0 Å². The second kappa shape index (κ2) is 6.53. The molecule has 1 aliphatic heterocycles. The van der Waals surface area contributed by atoms with E-state index in [0.29, 0.717) is 24.5 Å². The van der Waals surface area contributed by atoms with Crippen LogP contribution in [0.4, 0.5) is 4.79 Å². The minimum Gasteiger partial charge on any atom is -0.450 e. The molecule has 0 spiro atoms. The van der Waals surface area contributed by atoms with Crippen LogP contribution in [0.15, 0.2) is 0 Å². The highest BCUT2D eigenvalue weighted by Gasteiger charge is 2.39. The van der Waals surface area contributed by atoms with E-state index in [4.69, 9.17) is 4.74 Å². The fourth-order valence-corrected chi connectivity index (χ4v) is 3.61. The number of nitrogens with one attached hydrogen (secondary N) is 1. The number of ether oxygens (including phenoxy) is 1. The topological polar surface area (TPSA) is 61.8 Å². The number of carbonyl (C=O) groups excluding carboxylic acids is 1. The van der Waals surface area contributed by atoms with Crippen molar-refractivity contribution in [1.29, 1.82) is 0 Å². The lowest BCUT2D eigenvalue weighted by molar-refractivity contribution is 0.0692. The molecular weight excluding hydrogens is 268 g/mol. The maximum atomic E-state index is 11.6. The van der Waals surface area contributed by atoms with Crippen molar-refractivity contribution < 1.29 is 14.6 Å². The molecule has 1 heterocycles. The number of hydrogen-bond acceptors (Lipinski definition) is 4. The number of likely N-dealkylation sites (tertiary alicyclic amines) is 1. The predicted octanol–water partition coefficient (Wildman–Crippen LogP) is 1.75. The van der Waals surface area contributed by atoms with Crippen LogP contribution in [-0.2, 0) is 4.74 Å². The van der Waals surface area contributed by atoms with Gasteiger partial charge in [-0.25, -0.2) is 4.79 Å². The Hall–Kier alpha value is -0.810. The monoisotopic (exact) mass is 296 g/mol. The smallest absolute Gasteiger partial charge is 0.407 e. The molecule has 3 atom stereocenters. The van der Waals surface area contributed by atoms with Crippen LogP contribution < -0.4 is 5.32 Å². The van der Waals surface area contributed by atoms with Crippen LogP contribution >= 0.6 is 0 Å². The van der Waals surface area contributed by atoms with Crippen LogP contribution in [0.2, 0.25) is 0 Å². The van der Waals surface area contributed by atoms with Crippen molar-refractivity contribution in [2.24, 2.45) is 11.8 Å². The lowest BCUT2D eigenvalue weighted by Gasteiger charge is -2.38. The lowest BCUT2D eigenvalue weighted by atomic mass is 9.88. The number of carbonyl (C=O) groups is 1. The Balaban J connectivity index is 1.53. The highest BCUT2D eigenvalue weighted by Crippen LogP contribution is 2.38. The summed E-state index contributed by atoms with van der Waals surface area (Å²) in [4.78, 5) is 14.2. The number of nitrogens with zero attached hydrogens (tertiary/aromatic N) is 1. The fraction of sp³-hybridized carbons (Fsp3) is 0.938. The summed E-state index contributed by atoms with van der Waals surface area (Å²) < 4.78 is 5.00. The van der Waals surface area contributed by atoms with Crippen molar-refractivity contribution in [3.05, 3.63) is 0 Å². The maximum Gasteiger partial charge on any atom is 0.407 e. The van der Waals surface area contributed by atoms with Gasteiger partial charge in [-0.15, -0.1) is 0 Å². The zero-order valence-corrected chi connectivity index (χ0v) is 13.0. The Labute approximate surface area is 127 Å². The van der Waals surface area contributed by atoms with Gasteiger partial charge >= 0.3 is 6.09 Å². The molecule has 120 valence electrons. The predicted molar refractivity (Wildman–Crippen MR) is 80.0 cm³/mol. The largest absolute Gasteiger partial charge is 0.450 e. The van der Waals surface area contributed by atoms with Gasteiger partial charge in [-0.2, -0.15) is 0 Å². The van der Waals surface area contributed by atoms with Crippen molar-refractivity contribution >= 4 is 6.09 Å². The average molecular weight is 296 g/mol. The first-order chi connectivity index (χ1) is 10.2. The maximum absolute atomic E-state index is 11.6. The summed E-state index contributed by atoms with van der Waals surface area (Å²) in [5.41, 5.74) is 0. The van der Waals surface area contributed by atoms with Crippen LogP contribution in [0.25, 0.3) is 0 Å². The van der Waals surface area contributed by atoms with E-state index in [0.717, 1.165) is 25.9 Å². The van der Waals surface area contributed by atoms with Crippen LogP contribution in [0.3, 0.4) is 0 Å². The molecule has 2 N–H and O–H groups in total. The lowest BCUT2D eigenvalue weighted by Crippen LogP contribution is -2.52. The number of alkyl carbamates (subject to hydrolysis) is 1. The molecule has 3 aliphatic rings. The van der Waals surface area contributed by atoms with Gasteiger partial charge in [0.2, 0.25) is 0 Å². The third-order valence-electron chi connectivity index (χ3n) is 4.97. The van der Waals surface area contributed by atoms with E-state index in [1.54, 1.807) is 0 Å². The molecule has 0 aromatic rings. The first kappa shape index (κ1) is 15.1. The molecule has 0 aromatic carbocycles. The van der Waals surface area contributed by atoms with Gasteiger partial charge in [-0.1, -0.05) is 0 Å². The van der Waals surface area contributed by atoms with E-state index < -0.39 is 0 Å². The summed E-state index contributed by atoms with van der Waals surface area (Å²) in [5, 5.41) is 13.2. The second-order valence-electron chi connectivity index (χ2n) is 6.99. The molecular formula is C16H28N2O3. The molecule has 1 saturated heterocycles. The second-order valence-corrected chi connectivity index (χ2v) is 6.99. The minimum absolute atomic E-state index is 0.141. The van der Waals surface area contributed by atoms with Crippen LogP contribution in [-0.4, -0.2) is 54.0 Å². The van der Waals surface area contributed by atoms with Crippen LogP contribution in [0, 0.1) is 11.8 Å². The number of amides is 1. The molecule has 2 aliphatic carbocycles. The van der Waals surface area contributed by atoms with Crippen molar-refractivity contribution in [1.82, 2.24) is 10.2 Å². The van der Waals surface area contributed by atoms with Gasteiger partial charge in [-0.05, 0) is 57.3 Å². The van der Waals surface area contributed by atoms with Crippen molar-refractivity contribution in [2.45, 2.75) is 63.6 Å². The fourth-order valence-electron chi connectivity index (χ4n) is 3.61. The minimum atomic E-state index is -0.304. The summed E-state index contributed by atoms with van der Waals surface area (Å²) >= 11 is 0. The zero-order valence-electron chi connectivity index (χ0n) is 13.0. The van der Waals surface area contributed by atoms with Crippen molar-refractivity contribution in [3.63, 3.8) is 0 Å². The van der Waals surface area contributed by atoms with E-state index in [-0.39, 0.29) is 18.2 Å². The highest BCUT2D eigenvalue weighted by atomic mass is 16.5. The molecule has 0 aromatic heterocycles. The van der Waals surface area contributed by atoms with Gasteiger partial charge in [0.1, 0.15) is 0 Å². The molecule has 3 fully saturated rings. The quantitative estimate of drug-likeness (QED) is 0.784. The van der Waals surface area contributed by atoms with E-state index in [1.165, 1.54) is 25.7 Å². The van der Waals surface area contributed by atoms with E-state index in [2.05, 4.69) is 10.2 Å². The van der Waals surface area contributed by atoms with E-state index in [1.807, 2.05) is 6.92 Å². The summed E-state index contributed by atoms with van der Waals surface area (Å²) in [5.74, 6) is 1.03. The molecule has 2 saturated carbocycles. The average Bonchev–Trinajstić information content (AvgIpc) is 3.29. The summed E-state index contributed by atoms with van der Waals surface area (Å²) in [6.45, 7) is 4.25. The molecule has 0 bridgehead atoms. The molecule has 3 unspecified atom stereocenters. The Bertz CT molecular complexity index is 367. The SMILES string of the molecule is CCOC(=O)NC1CC(CC(O)C2CC2)CN(C2CC2)C1. The number of hydrogen-bond donors (Lipinski definition) is 2. The summed E-state index contributed by atoms with van der Waals surface area (Å²) in [6.07, 6.45) is 6.34.